The molecule has 17 heavy (non-hydrogen) atoms. The molecule has 0 bridgehead atoms. The quantitative estimate of drug-likeness (QED) is 0.795. The molecule has 2 unspecified atom stereocenters. The molecule has 0 aliphatic heterocycles. The maximum absolute atomic E-state index is 10.7. The van der Waals surface area contributed by atoms with Crippen LogP contribution in [0.4, 0.5) is 0 Å². The predicted octanol–water partition coefficient (Wildman–Crippen LogP) is 2.07. The molecule has 2 N–H and O–H groups in total. The molecule has 2 atom stereocenters. The average Bonchev–Trinajstić information content (AvgIpc) is 2.35. The van der Waals surface area contributed by atoms with Crippen molar-refractivity contribution in [2.24, 2.45) is 5.92 Å². The number of hydrogen-bond donors (Lipinski definition) is 2. The first-order valence-electron chi connectivity index (χ1n) is 5.64. The van der Waals surface area contributed by atoms with E-state index in [2.05, 4.69) is 5.32 Å². The summed E-state index contributed by atoms with van der Waals surface area (Å²) in [5.74, 6) is -0.338. The van der Waals surface area contributed by atoms with Crippen LogP contribution in [0.15, 0.2) is 24.3 Å². The molecule has 0 saturated carbocycles. The van der Waals surface area contributed by atoms with Gasteiger partial charge in [-0.1, -0.05) is 19.1 Å². The lowest BCUT2D eigenvalue weighted by Gasteiger charge is -2.16. The van der Waals surface area contributed by atoms with Crippen LogP contribution in [0.1, 0.15) is 25.5 Å². The van der Waals surface area contributed by atoms with E-state index >= 15 is 0 Å². The van der Waals surface area contributed by atoms with E-state index < -0.39 is 5.97 Å². The van der Waals surface area contributed by atoms with Crippen LogP contribution in [0.2, 0.25) is 0 Å². The molecule has 0 fully saturated rings. The van der Waals surface area contributed by atoms with Crippen molar-refractivity contribution in [1.82, 2.24) is 5.32 Å². The van der Waals surface area contributed by atoms with Crippen molar-refractivity contribution >= 4 is 5.97 Å². The summed E-state index contributed by atoms with van der Waals surface area (Å²) >= 11 is 0. The van der Waals surface area contributed by atoms with Gasteiger partial charge in [-0.3, -0.25) is 4.79 Å². The second-order valence-electron chi connectivity index (χ2n) is 4.14. The van der Waals surface area contributed by atoms with Crippen LogP contribution in [0.3, 0.4) is 0 Å². The van der Waals surface area contributed by atoms with Gasteiger partial charge in [0.2, 0.25) is 0 Å². The van der Waals surface area contributed by atoms with E-state index in [4.69, 9.17) is 9.84 Å². The molecular formula is C13H19NO3. The minimum Gasteiger partial charge on any atom is -0.497 e. The maximum Gasteiger partial charge on any atom is 0.307 e. The van der Waals surface area contributed by atoms with Crippen molar-refractivity contribution in [2.45, 2.75) is 19.9 Å². The lowest BCUT2D eigenvalue weighted by Crippen LogP contribution is -2.28. The molecule has 0 amide bonds. The van der Waals surface area contributed by atoms with Crippen molar-refractivity contribution in [3.63, 3.8) is 0 Å². The molecule has 0 radical (unpaired) electrons. The lowest BCUT2D eigenvalue weighted by atomic mass is 10.1. The van der Waals surface area contributed by atoms with Gasteiger partial charge in [-0.05, 0) is 24.6 Å². The van der Waals surface area contributed by atoms with Crippen molar-refractivity contribution < 1.29 is 14.6 Å². The van der Waals surface area contributed by atoms with Gasteiger partial charge in [0.15, 0.2) is 0 Å². The van der Waals surface area contributed by atoms with Gasteiger partial charge in [-0.25, -0.2) is 0 Å². The van der Waals surface area contributed by atoms with Crippen molar-refractivity contribution in [3.05, 3.63) is 29.8 Å². The Morgan fingerprint density at radius 1 is 1.35 bits per heavy atom. The van der Waals surface area contributed by atoms with Gasteiger partial charge in [-0.15, -0.1) is 0 Å². The van der Waals surface area contributed by atoms with E-state index in [-0.39, 0.29) is 12.0 Å². The fourth-order valence-electron chi connectivity index (χ4n) is 1.45. The number of aliphatic carboxylic acids is 1. The van der Waals surface area contributed by atoms with Gasteiger partial charge in [-0.2, -0.15) is 0 Å². The Kier molecular flexibility index (Phi) is 4.97. The molecule has 1 aromatic rings. The van der Waals surface area contributed by atoms with Crippen molar-refractivity contribution in [1.29, 1.82) is 0 Å². The molecule has 0 heterocycles. The molecule has 0 spiro atoms. The Bertz CT molecular complexity index is 361. The summed E-state index contributed by atoms with van der Waals surface area (Å²) in [4.78, 5) is 10.7. The zero-order valence-electron chi connectivity index (χ0n) is 10.4. The van der Waals surface area contributed by atoms with Crippen LogP contribution in [-0.2, 0) is 4.79 Å². The second-order valence-corrected chi connectivity index (χ2v) is 4.14. The summed E-state index contributed by atoms with van der Waals surface area (Å²) in [5, 5.41) is 12.0. The van der Waals surface area contributed by atoms with Gasteiger partial charge in [0, 0.05) is 12.6 Å². The SMILES string of the molecule is COc1ccc(C(C)NCC(C)C(=O)O)cc1. The van der Waals surface area contributed by atoms with E-state index in [9.17, 15) is 4.79 Å². The van der Waals surface area contributed by atoms with Crippen LogP contribution in [0.5, 0.6) is 5.75 Å². The fourth-order valence-corrected chi connectivity index (χ4v) is 1.45. The molecule has 0 aliphatic carbocycles. The zero-order chi connectivity index (χ0) is 12.8. The summed E-state index contributed by atoms with van der Waals surface area (Å²) < 4.78 is 5.08. The highest BCUT2D eigenvalue weighted by molar-refractivity contribution is 5.69. The number of hydrogen-bond acceptors (Lipinski definition) is 3. The van der Waals surface area contributed by atoms with Gasteiger partial charge in [0.25, 0.3) is 0 Å². The highest BCUT2D eigenvalue weighted by atomic mass is 16.5. The Morgan fingerprint density at radius 2 is 1.94 bits per heavy atom. The normalized spacial score (nSPS) is 14.1. The maximum atomic E-state index is 10.7. The number of carboxylic acids is 1. The number of nitrogens with one attached hydrogen (secondary N) is 1. The molecule has 4 heteroatoms. The number of carboxylic acid groups (broad SMARTS) is 1. The van der Waals surface area contributed by atoms with E-state index in [1.54, 1.807) is 14.0 Å². The molecule has 0 saturated heterocycles. The van der Waals surface area contributed by atoms with Crippen LogP contribution in [0, 0.1) is 5.92 Å². The van der Waals surface area contributed by atoms with E-state index in [0.717, 1.165) is 11.3 Å². The van der Waals surface area contributed by atoms with Gasteiger partial charge < -0.3 is 15.2 Å². The number of benzene rings is 1. The minimum atomic E-state index is -0.778. The van der Waals surface area contributed by atoms with Gasteiger partial charge >= 0.3 is 5.97 Å². The standard InChI is InChI=1S/C13H19NO3/c1-9(13(15)16)8-14-10(2)11-4-6-12(17-3)7-5-11/h4-7,9-10,14H,8H2,1-3H3,(H,15,16). The number of methoxy groups -OCH3 is 1. The van der Waals surface area contributed by atoms with Crippen molar-refractivity contribution in [2.75, 3.05) is 13.7 Å². The van der Waals surface area contributed by atoms with Crippen LogP contribution in [0.25, 0.3) is 0 Å². The first kappa shape index (κ1) is 13.5. The summed E-state index contributed by atoms with van der Waals surface area (Å²) in [5.41, 5.74) is 1.11. The largest absolute Gasteiger partial charge is 0.497 e. The zero-order valence-corrected chi connectivity index (χ0v) is 10.4. The van der Waals surface area contributed by atoms with Crippen molar-refractivity contribution in [3.8, 4) is 5.75 Å². The number of carbonyl (C=O) groups is 1. The lowest BCUT2D eigenvalue weighted by molar-refractivity contribution is -0.140. The fraction of sp³-hybridized carbons (Fsp3) is 0.462. The highest BCUT2D eigenvalue weighted by Crippen LogP contribution is 2.17. The van der Waals surface area contributed by atoms with E-state index in [0.29, 0.717) is 6.54 Å². The predicted molar refractivity (Wildman–Crippen MR) is 66.2 cm³/mol. The molecule has 1 aromatic carbocycles. The average molecular weight is 237 g/mol. The highest BCUT2D eigenvalue weighted by Gasteiger charge is 2.12. The van der Waals surface area contributed by atoms with Gasteiger partial charge in [0.05, 0.1) is 13.0 Å². The van der Waals surface area contributed by atoms with Crippen LogP contribution >= 0.6 is 0 Å². The third kappa shape index (κ3) is 4.07. The third-order valence-electron chi connectivity index (χ3n) is 2.77. The molecular weight excluding hydrogens is 218 g/mol. The molecule has 1 rings (SSSR count). The first-order chi connectivity index (χ1) is 8.04. The first-order valence-corrected chi connectivity index (χ1v) is 5.64. The summed E-state index contributed by atoms with van der Waals surface area (Å²) in [7, 11) is 1.63. The smallest absolute Gasteiger partial charge is 0.307 e. The van der Waals surface area contributed by atoms with Gasteiger partial charge in [0.1, 0.15) is 5.75 Å². The number of ether oxygens (including phenoxy) is 1. The van der Waals surface area contributed by atoms with E-state index in [1.165, 1.54) is 0 Å². The van der Waals surface area contributed by atoms with Crippen LogP contribution in [-0.4, -0.2) is 24.7 Å². The molecule has 4 nitrogen and oxygen atoms in total. The summed E-state index contributed by atoms with van der Waals surface area (Å²) in [6.07, 6.45) is 0. The minimum absolute atomic E-state index is 0.128. The topological polar surface area (TPSA) is 58.6 Å². The Hall–Kier alpha value is -1.55. The number of rotatable bonds is 6. The molecule has 0 aromatic heterocycles. The second kappa shape index (κ2) is 6.25. The molecule has 0 aliphatic rings. The Balaban J connectivity index is 2.51. The molecule has 94 valence electrons. The Labute approximate surface area is 102 Å². The monoisotopic (exact) mass is 237 g/mol. The summed E-state index contributed by atoms with van der Waals surface area (Å²) in [6, 6.07) is 7.87. The summed E-state index contributed by atoms with van der Waals surface area (Å²) in [6.45, 7) is 4.16. The third-order valence-corrected chi connectivity index (χ3v) is 2.77. The van der Waals surface area contributed by atoms with E-state index in [1.807, 2.05) is 31.2 Å². The van der Waals surface area contributed by atoms with Crippen LogP contribution < -0.4 is 10.1 Å². The Morgan fingerprint density at radius 3 is 2.41 bits per heavy atom.